The second-order valence-corrected chi connectivity index (χ2v) is 8.75. The Hall–Kier alpha value is -1.71. The molecule has 2 aromatic carbocycles. The first-order valence-electron chi connectivity index (χ1n) is 10.4. The van der Waals surface area contributed by atoms with Crippen LogP contribution in [0.2, 0.25) is 0 Å². The summed E-state index contributed by atoms with van der Waals surface area (Å²) in [4.78, 5) is 24.8. The monoisotopic (exact) mass is 469 g/mol. The van der Waals surface area contributed by atoms with E-state index >= 15 is 0 Å². The van der Waals surface area contributed by atoms with Crippen molar-refractivity contribution in [3.8, 4) is 5.75 Å². The van der Waals surface area contributed by atoms with Crippen LogP contribution in [0, 0.1) is 0 Å². The van der Waals surface area contributed by atoms with Gasteiger partial charge in [0, 0.05) is 6.42 Å². The number of carbonyl (C=O) groups is 2. The summed E-state index contributed by atoms with van der Waals surface area (Å²) in [6, 6.07) is 12.2. The molecule has 1 amide bonds. The van der Waals surface area contributed by atoms with E-state index in [9.17, 15) is 22.6 Å². The van der Waals surface area contributed by atoms with Crippen LogP contribution < -0.4 is 39.6 Å². The topological polar surface area (TPSA) is 113 Å². The number of amides is 1. The van der Waals surface area contributed by atoms with E-state index in [2.05, 4.69) is 12.2 Å². The molecule has 0 atom stereocenters. The van der Waals surface area contributed by atoms with Crippen molar-refractivity contribution < 1.29 is 56.9 Å². The number of hydrogen-bond acceptors (Lipinski definition) is 6. The van der Waals surface area contributed by atoms with Gasteiger partial charge in [-0.1, -0.05) is 63.3 Å². The number of rotatable bonds is 12. The van der Waals surface area contributed by atoms with E-state index in [1.54, 1.807) is 24.3 Å². The molecule has 2 rings (SSSR count). The minimum atomic E-state index is -4.38. The van der Waals surface area contributed by atoms with Gasteiger partial charge in [-0.05, 0) is 36.2 Å². The molecule has 0 aliphatic rings. The van der Waals surface area contributed by atoms with E-state index in [1.807, 2.05) is 0 Å². The number of nitrogens with one attached hydrogen (secondary N) is 1. The third-order valence-electron chi connectivity index (χ3n) is 4.66. The van der Waals surface area contributed by atoms with Crippen molar-refractivity contribution in [3.05, 3.63) is 59.7 Å². The summed E-state index contributed by atoms with van der Waals surface area (Å²) in [5.74, 6) is -1.24. The molecule has 0 saturated carbocycles. The SMILES string of the molecule is CCCCCCCCC(=O)Nc1ccccc1C(=O)Oc1ccc(CS(=O)(=O)[O-])cc1.[Na+]. The summed E-state index contributed by atoms with van der Waals surface area (Å²) < 4.78 is 37.8. The number of para-hydroxylation sites is 1. The van der Waals surface area contributed by atoms with Gasteiger partial charge < -0.3 is 14.6 Å². The second kappa shape index (κ2) is 14.4. The minimum Gasteiger partial charge on any atom is -0.748 e. The van der Waals surface area contributed by atoms with Crippen LogP contribution in [0.3, 0.4) is 0 Å². The minimum absolute atomic E-state index is 0. The Morgan fingerprint density at radius 1 is 0.938 bits per heavy atom. The molecule has 32 heavy (non-hydrogen) atoms. The largest absolute Gasteiger partial charge is 1.00 e. The van der Waals surface area contributed by atoms with Crippen LogP contribution in [0.1, 0.15) is 67.8 Å². The zero-order valence-electron chi connectivity index (χ0n) is 18.6. The zero-order chi connectivity index (χ0) is 22.7. The maximum Gasteiger partial charge on any atom is 1.00 e. The summed E-state index contributed by atoms with van der Waals surface area (Å²) in [5, 5.41) is 2.77. The molecule has 0 unspecified atom stereocenters. The van der Waals surface area contributed by atoms with Crippen LogP contribution in [-0.2, 0) is 20.7 Å². The summed E-state index contributed by atoms with van der Waals surface area (Å²) in [6.45, 7) is 2.16. The van der Waals surface area contributed by atoms with Crippen molar-refractivity contribution in [3.63, 3.8) is 0 Å². The van der Waals surface area contributed by atoms with Crippen molar-refractivity contribution in [2.45, 2.75) is 57.6 Å². The van der Waals surface area contributed by atoms with Crippen LogP contribution in [-0.4, -0.2) is 24.8 Å². The fourth-order valence-corrected chi connectivity index (χ4v) is 3.67. The third-order valence-corrected chi connectivity index (χ3v) is 5.34. The molecule has 0 bridgehead atoms. The van der Waals surface area contributed by atoms with Crippen LogP contribution in [0.4, 0.5) is 5.69 Å². The van der Waals surface area contributed by atoms with Gasteiger partial charge in [-0.2, -0.15) is 0 Å². The molecule has 0 aromatic heterocycles. The Morgan fingerprint density at radius 3 is 2.22 bits per heavy atom. The smallest absolute Gasteiger partial charge is 0.748 e. The Morgan fingerprint density at radius 2 is 1.56 bits per heavy atom. The number of hydrogen-bond donors (Lipinski definition) is 1. The second-order valence-electron chi connectivity index (χ2n) is 7.35. The molecule has 0 radical (unpaired) electrons. The molecule has 9 heteroatoms. The Labute approximate surface area is 212 Å². The molecule has 0 heterocycles. The van der Waals surface area contributed by atoms with Crippen LogP contribution in [0.25, 0.3) is 0 Å². The number of benzene rings is 2. The van der Waals surface area contributed by atoms with E-state index < -0.39 is 21.8 Å². The normalized spacial score (nSPS) is 10.8. The average molecular weight is 470 g/mol. The average Bonchev–Trinajstić information content (AvgIpc) is 2.71. The molecule has 0 aliphatic carbocycles. The van der Waals surface area contributed by atoms with Crippen molar-refractivity contribution >= 4 is 27.7 Å². The van der Waals surface area contributed by atoms with Crippen molar-refractivity contribution in [2.24, 2.45) is 0 Å². The number of ether oxygens (including phenoxy) is 1. The predicted molar refractivity (Wildman–Crippen MR) is 118 cm³/mol. The van der Waals surface area contributed by atoms with Gasteiger partial charge >= 0.3 is 35.5 Å². The van der Waals surface area contributed by atoms with Gasteiger partial charge in [0.2, 0.25) is 5.91 Å². The Bertz CT molecular complexity index is 976. The van der Waals surface area contributed by atoms with Gasteiger partial charge in [0.05, 0.1) is 27.1 Å². The van der Waals surface area contributed by atoms with Gasteiger partial charge in [0.15, 0.2) is 0 Å². The van der Waals surface area contributed by atoms with Gasteiger partial charge in [-0.15, -0.1) is 0 Å². The predicted octanol–water partition coefficient (Wildman–Crippen LogP) is 1.64. The summed E-state index contributed by atoms with van der Waals surface area (Å²) in [6.07, 6.45) is 6.87. The van der Waals surface area contributed by atoms with Crippen molar-refractivity contribution in [1.82, 2.24) is 0 Å². The first-order chi connectivity index (χ1) is 14.8. The van der Waals surface area contributed by atoms with Crippen LogP contribution in [0.5, 0.6) is 5.75 Å². The van der Waals surface area contributed by atoms with Gasteiger partial charge in [-0.3, -0.25) is 4.79 Å². The molecule has 0 spiro atoms. The zero-order valence-corrected chi connectivity index (χ0v) is 21.4. The summed E-state index contributed by atoms with van der Waals surface area (Å²) >= 11 is 0. The molecular weight excluding hydrogens is 441 g/mol. The molecule has 0 aliphatic heterocycles. The Balaban J connectivity index is 0.00000512. The molecule has 1 N–H and O–H groups in total. The summed E-state index contributed by atoms with van der Waals surface area (Å²) in [7, 11) is -4.38. The quantitative estimate of drug-likeness (QED) is 0.166. The molecule has 7 nitrogen and oxygen atoms in total. The van der Waals surface area contributed by atoms with Crippen molar-refractivity contribution in [2.75, 3.05) is 5.32 Å². The summed E-state index contributed by atoms with van der Waals surface area (Å²) in [5.41, 5.74) is 0.889. The maximum atomic E-state index is 12.6. The van der Waals surface area contributed by atoms with E-state index in [4.69, 9.17) is 4.74 Å². The van der Waals surface area contributed by atoms with Crippen LogP contribution in [0.15, 0.2) is 48.5 Å². The van der Waals surface area contributed by atoms with Gasteiger partial charge in [-0.25, -0.2) is 13.2 Å². The maximum absolute atomic E-state index is 12.6. The van der Waals surface area contributed by atoms with Gasteiger partial charge in [0.1, 0.15) is 5.75 Å². The number of anilines is 1. The van der Waals surface area contributed by atoms with Crippen molar-refractivity contribution in [1.29, 1.82) is 0 Å². The van der Waals surface area contributed by atoms with Crippen LogP contribution >= 0.6 is 0 Å². The van der Waals surface area contributed by atoms with E-state index in [0.29, 0.717) is 17.7 Å². The van der Waals surface area contributed by atoms with E-state index in [-0.39, 0.29) is 46.8 Å². The molecular formula is C23H28NNaO6S. The van der Waals surface area contributed by atoms with E-state index in [1.165, 1.54) is 43.5 Å². The molecule has 2 aromatic rings. The molecule has 168 valence electrons. The molecule has 0 saturated heterocycles. The first-order valence-corrected chi connectivity index (χ1v) is 12.0. The molecule has 0 fully saturated rings. The van der Waals surface area contributed by atoms with Gasteiger partial charge in [0.25, 0.3) is 0 Å². The number of esters is 1. The fourth-order valence-electron chi connectivity index (χ4n) is 3.07. The third kappa shape index (κ3) is 10.7. The fraction of sp³-hybridized carbons (Fsp3) is 0.391. The Kier molecular flexibility index (Phi) is 12.8. The number of carbonyl (C=O) groups excluding carboxylic acids is 2. The van der Waals surface area contributed by atoms with E-state index in [0.717, 1.165) is 19.3 Å². The number of unbranched alkanes of at least 4 members (excludes halogenated alkanes) is 5. The standard InChI is InChI=1S/C23H29NO6S.Na/c1-2-3-4-5-6-7-12-22(25)24-21-11-9-8-10-20(21)23(26)30-19-15-13-18(14-16-19)17-31(27,28)29;/h8-11,13-16H,2-7,12,17H2,1H3,(H,24,25)(H,27,28,29);/q;+1/p-1. The first kappa shape index (κ1) is 28.3.